The maximum Gasteiger partial charge on any atom is 0.303 e. The summed E-state index contributed by atoms with van der Waals surface area (Å²) in [5.41, 5.74) is 5.70. The summed E-state index contributed by atoms with van der Waals surface area (Å²) in [6.45, 7) is 9.30. The van der Waals surface area contributed by atoms with Crippen molar-refractivity contribution in [3.63, 3.8) is 0 Å². The molecule has 0 aliphatic rings. The molecular formula is C16H32N2O3. The quantitative estimate of drug-likeness (QED) is 0.545. The van der Waals surface area contributed by atoms with Gasteiger partial charge in [-0.05, 0) is 43.1 Å². The van der Waals surface area contributed by atoms with Crippen molar-refractivity contribution in [2.45, 2.75) is 53.4 Å². The van der Waals surface area contributed by atoms with Crippen LogP contribution in [0.2, 0.25) is 0 Å². The van der Waals surface area contributed by atoms with Gasteiger partial charge in [0.1, 0.15) is 0 Å². The van der Waals surface area contributed by atoms with Gasteiger partial charge >= 0.3 is 5.97 Å². The Labute approximate surface area is 128 Å². The predicted octanol–water partition coefficient (Wildman–Crippen LogP) is 2.25. The second kappa shape index (κ2) is 10.6. The van der Waals surface area contributed by atoms with E-state index in [1.165, 1.54) is 0 Å². The van der Waals surface area contributed by atoms with Gasteiger partial charge in [-0.1, -0.05) is 27.7 Å². The number of rotatable bonds is 11. The van der Waals surface area contributed by atoms with Crippen LogP contribution in [0, 0.1) is 23.7 Å². The highest BCUT2D eigenvalue weighted by atomic mass is 16.4. The lowest BCUT2D eigenvalue weighted by atomic mass is 9.92. The van der Waals surface area contributed by atoms with Crippen molar-refractivity contribution < 1.29 is 14.7 Å². The molecule has 0 heterocycles. The molecule has 0 aromatic heterocycles. The molecule has 5 heteroatoms. The maximum atomic E-state index is 12.0. The summed E-state index contributed by atoms with van der Waals surface area (Å²) in [5, 5.41) is 11.8. The van der Waals surface area contributed by atoms with Crippen LogP contribution in [0.4, 0.5) is 0 Å². The Morgan fingerprint density at radius 3 is 1.95 bits per heavy atom. The molecule has 4 N–H and O–H groups in total. The lowest BCUT2D eigenvalue weighted by Gasteiger charge is -2.20. The van der Waals surface area contributed by atoms with Crippen molar-refractivity contribution in [3.8, 4) is 0 Å². The Morgan fingerprint density at radius 1 is 1.00 bits per heavy atom. The Kier molecular flexibility index (Phi) is 10.0. The minimum atomic E-state index is -0.811. The number of nitrogens with two attached hydrogens (primary N) is 1. The molecule has 21 heavy (non-hydrogen) atoms. The third-order valence-corrected chi connectivity index (χ3v) is 3.47. The van der Waals surface area contributed by atoms with Crippen LogP contribution in [0.3, 0.4) is 0 Å². The molecule has 0 spiro atoms. The molecule has 5 nitrogen and oxygen atoms in total. The first kappa shape index (κ1) is 19.9. The van der Waals surface area contributed by atoms with E-state index in [1.54, 1.807) is 0 Å². The fourth-order valence-electron chi connectivity index (χ4n) is 2.67. The van der Waals surface area contributed by atoms with Gasteiger partial charge in [-0.25, -0.2) is 0 Å². The lowest BCUT2D eigenvalue weighted by Crippen LogP contribution is -2.33. The van der Waals surface area contributed by atoms with Crippen molar-refractivity contribution in [2.24, 2.45) is 29.4 Å². The standard InChI is InChI=1S/C16H32N2O3/c1-11(2)5-13(9-17)7-15(19)18-10-14(6-12(3)4)8-16(20)21/h11-14H,5-10,17H2,1-4H3,(H,18,19)(H,20,21)/t13-,14-/m0/s1. The average Bonchev–Trinajstić information content (AvgIpc) is 2.33. The first-order valence-corrected chi connectivity index (χ1v) is 7.93. The zero-order valence-corrected chi connectivity index (χ0v) is 13.9. The second-order valence-corrected chi connectivity index (χ2v) is 6.83. The molecule has 124 valence electrons. The molecule has 0 aliphatic heterocycles. The van der Waals surface area contributed by atoms with Crippen molar-refractivity contribution in [2.75, 3.05) is 13.1 Å². The highest BCUT2D eigenvalue weighted by Gasteiger charge is 2.18. The van der Waals surface area contributed by atoms with E-state index in [2.05, 4.69) is 33.0 Å². The fraction of sp³-hybridized carbons (Fsp3) is 0.875. The van der Waals surface area contributed by atoms with Crippen LogP contribution < -0.4 is 11.1 Å². The number of carbonyl (C=O) groups is 2. The molecule has 0 rings (SSSR count). The van der Waals surface area contributed by atoms with Gasteiger partial charge in [-0.3, -0.25) is 9.59 Å². The third-order valence-electron chi connectivity index (χ3n) is 3.47. The van der Waals surface area contributed by atoms with Crippen molar-refractivity contribution >= 4 is 11.9 Å². The number of aliphatic carboxylic acids is 1. The van der Waals surface area contributed by atoms with Gasteiger partial charge in [-0.15, -0.1) is 0 Å². The van der Waals surface area contributed by atoms with E-state index in [9.17, 15) is 9.59 Å². The number of carboxylic acid groups (broad SMARTS) is 1. The summed E-state index contributed by atoms with van der Waals surface area (Å²) in [6, 6.07) is 0. The smallest absolute Gasteiger partial charge is 0.303 e. The van der Waals surface area contributed by atoms with E-state index < -0.39 is 5.97 Å². The number of hydrogen-bond donors (Lipinski definition) is 3. The number of carbonyl (C=O) groups excluding carboxylic acids is 1. The number of amides is 1. The highest BCUT2D eigenvalue weighted by Crippen LogP contribution is 2.16. The summed E-state index contributed by atoms with van der Waals surface area (Å²) in [4.78, 5) is 22.8. The Bertz CT molecular complexity index is 317. The predicted molar refractivity (Wildman–Crippen MR) is 84.8 cm³/mol. The van der Waals surface area contributed by atoms with E-state index in [0.29, 0.717) is 31.3 Å². The van der Waals surface area contributed by atoms with Crippen LogP contribution in [0.25, 0.3) is 0 Å². The first-order chi connectivity index (χ1) is 9.74. The topological polar surface area (TPSA) is 92.4 Å². The van der Waals surface area contributed by atoms with E-state index in [0.717, 1.165) is 12.8 Å². The molecule has 0 unspecified atom stereocenters. The van der Waals surface area contributed by atoms with E-state index >= 15 is 0 Å². The highest BCUT2D eigenvalue weighted by molar-refractivity contribution is 5.76. The molecule has 0 aliphatic carbocycles. The summed E-state index contributed by atoms with van der Waals surface area (Å²) in [5.74, 6) is 0.303. The molecular weight excluding hydrogens is 268 g/mol. The lowest BCUT2D eigenvalue weighted by molar-refractivity contribution is -0.138. The molecule has 2 atom stereocenters. The summed E-state index contributed by atoms with van der Waals surface area (Å²) < 4.78 is 0. The van der Waals surface area contributed by atoms with E-state index in [-0.39, 0.29) is 24.2 Å². The molecule has 0 aromatic rings. The van der Waals surface area contributed by atoms with Crippen molar-refractivity contribution in [3.05, 3.63) is 0 Å². The molecule has 0 saturated carbocycles. The molecule has 0 bridgehead atoms. The number of hydrogen-bond acceptors (Lipinski definition) is 3. The van der Waals surface area contributed by atoms with Crippen LogP contribution >= 0.6 is 0 Å². The van der Waals surface area contributed by atoms with Gasteiger partial charge in [-0.2, -0.15) is 0 Å². The fourth-order valence-corrected chi connectivity index (χ4v) is 2.67. The van der Waals surface area contributed by atoms with Crippen molar-refractivity contribution in [1.82, 2.24) is 5.32 Å². The summed E-state index contributed by atoms with van der Waals surface area (Å²) in [7, 11) is 0. The zero-order valence-electron chi connectivity index (χ0n) is 13.9. The molecule has 0 saturated heterocycles. The third kappa shape index (κ3) is 11.3. The normalized spacial score (nSPS) is 14.2. The second-order valence-electron chi connectivity index (χ2n) is 6.83. The van der Waals surface area contributed by atoms with Gasteiger partial charge in [0.05, 0.1) is 0 Å². The summed E-state index contributed by atoms with van der Waals surface area (Å²) >= 11 is 0. The maximum absolute atomic E-state index is 12.0. The van der Waals surface area contributed by atoms with Gasteiger partial charge in [0, 0.05) is 19.4 Å². The number of carboxylic acids is 1. The van der Waals surface area contributed by atoms with Crippen LogP contribution in [-0.4, -0.2) is 30.1 Å². The van der Waals surface area contributed by atoms with Crippen LogP contribution in [0.15, 0.2) is 0 Å². The number of nitrogens with one attached hydrogen (secondary N) is 1. The minimum absolute atomic E-state index is 0.00660. The molecule has 0 aromatic carbocycles. The first-order valence-electron chi connectivity index (χ1n) is 7.93. The monoisotopic (exact) mass is 300 g/mol. The average molecular weight is 300 g/mol. The minimum Gasteiger partial charge on any atom is -0.481 e. The molecule has 1 amide bonds. The summed E-state index contributed by atoms with van der Waals surface area (Å²) in [6.07, 6.45) is 2.27. The van der Waals surface area contributed by atoms with Gasteiger partial charge in [0.25, 0.3) is 0 Å². The Morgan fingerprint density at radius 2 is 1.52 bits per heavy atom. The van der Waals surface area contributed by atoms with Crippen LogP contribution in [-0.2, 0) is 9.59 Å². The van der Waals surface area contributed by atoms with E-state index in [4.69, 9.17) is 10.8 Å². The van der Waals surface area contributed by atoms with E-state index in [1.807, 2.05) is 0 Å². The van der Waals surface area contributed by atoms with Gasteiger partial charge < -0.3 is 16.2 Å². The van der Waals surface area contributed by atoms with Gasteiger partial charge in [0.2, 0.25) is 5.91 Å². The molecule has 0 radical (unpaired) electrons. The van der Waals surface area contributed by atoms with Gasteiger partial charge in [0.15, 0.2) is 0 Å². The Hall–Kier alpha value is -1.10. The SMILES string of the molecule is CC(C)C[C@H](CNC(=O)C[C@@H](CN)CC(C)C)CC(=O)O. The Balaban J connectivity index is 4.24. The van der Waals surface area contributed by atoms with Crippen LogP contribution in [0.5, 0.6) is 0 Å². The molecule has 0 fully saturated rings. The zero-order chi connectivity index (χ0) is 16.4. The van der Waals surface area contributed by atoms with Crippen molar-refractivity contribution in [1.29, 1.82) is 0 Å². The van der Waals surface area contributed by atoms with Crippen LogP contribution in [0.1, 0.15) is 53.4 Å². The largest absolute Gasteiger partial charge is 0.481 e.